The average molecular weight is 591 g/mol. The van der Waals surface area contributed by atoms with E-state index in [-0.39, 0.29) is 11.2 Å². The van der Waals surface area contributed by atoms with Crippen LogP contribution in [0, 0.1) is 18.2 Å². The van der Waals surface area contributed by atoms with Crippen molar-refractivity contribution in [1.29, 1.82) is 0 Å². The van der Waals surface area contributed by atoms with Crippen LogP contribution in [0.25, 0.3) is 11.1 Å². The number of aliphatic carboxylic acids is 1. The molecule has 0 radical (unpaired) electrons. The summed E-state index contributed by atoms with van der Waals surface area (Å²) in [5.41, 5.74) is 5.76. The smallest absolute Gasteiger partial charge is 0.337 e. The lowest BCUT2D eigenvalue weighted by Gasteiger charge is -2.41. The number of anilines is 1. The molecule has 0 aliphatic carbocycles. The average Bonchev–Trinajstić information content (AvgIpc) is 2.93. The normalized spacial score (nSPS) is 15.8. The van der Waals surface area contributed by atoms with E-state index in [9.17, 15) is 14.3 Å². The van der Waals surface area contributed by atoms with Crippen LogP contribution in [0.1, 0.15) is 89.4 Å². The van der Waals surface area contributed by atoms with E-state index < -0.39 is 17.7 Å². The fourth-order valence-electron chi connectivity index (χ4n) is 5.70. The lowest BCUT2D eigenvalue weighted by Crippen LogP contribution is -2.39. The van der Waals surface area contributed by atoms with Gasteiger partial charge in [-0.25, -0.2) is 9.18 Å². The van der Waals surface area contributed by atoms with Crippen molar-refractivity contribution in [2.24, 2.45) is 5.41 Å². The van der Waals surface area contributed by atoms with Gasteiger partial charge in [0.2, 0.25) is 0 Å². The summed E-state index contributed by atoms with van der Waals surface area (Å²) in [6.07, 6.45) is 3.23. The largest absolute Gasteiger partial charge is 0.493 e. The maximum atomic E-state index is 13.2. The molecule has 43 heavy (non-hydrogen) atoms. The SMILES string of the molecule is CCCc1nc(C)c([C@H](OC(C)(C)C)C(=O)O)c(N2CCC(C)(C)CC2)c1-c1ccc(OCCc2ccc(F)cc2)cc1. The topological polar surface area (TPSA) is 71.9 Å². The van der Waals surface area contributed by atoms with Gasteiger partial charge >= 0.3 is 5.97 Å². The van der Waals surface area contributed by atoms with Crippen LogP contribution in [0.4, 0.5) is 10.1 Å². The summed E-state index contributed by atoms with van der Waals surface area (Å²) in [4.78, 5) is 20.2. The van der Waals surface area contributed by atoms with E-state index in [1.807, 2.05) is 52.0 Å². The number of halogens is 1. The Balaban J connectivity index is 1.77. The number of hydrogen-bond acceptors (Lipinski definition) is 5. The number of nitrogens with zero attached hydrogens (tertiary/aromatic N) is 2. The first-order valence-corrected chi connectivity index (χ1v) is 15.4. The second-order valence-corrected chi connectivity index (χ2v) is 13.4. The fraction of sp³-hybridized carbons (Fsp3) is 0.500. The zero-order chi connectivity index (χ0) is 31.4. The number of pyridine rings is 1. The lowest BCUT2D eigenvalue weighted by atomic mass is 9.81. The molecule has 7 heteroatoms. The molecule has 3 aromatic rings. The molecule has 4 rings (SSSR count). The zero-order valence-electron chi connectivity index (χ0n) is 26.8. The van der Waals surface area contributed by atoms with E-state index >= 15 is 0 Å². The molecule has 1 N–H and O–H groups in total. The Bertz CT molecular complexity index is 1380. The molecule has 2 heterocycles. The Hall–Kier alpha value is -3.45. The third-order valence-corrected chi connectivity index (χ3v) is 8.07. The molecule has 1 aromatic heterocycles. The second-order valence-electron chi connectivity index (χ2n) is 13.4. The van der Waals surface area contributed by atoms with Crippen molar-refractivity contribution in [3.8, 4) is 16.9 Å². The maximum absolute atomic E-state index is 13.2. The van der Waals surface area contributed by atoms with Gasteiger partial charge in [-0.15, -0.1) is 0 Å². The summed E-state index contributed by atoms with van der Waals surface area (Å²) < 4.78 is 25.5. The van der Waals surface area contributed by atoms with Gasteiger partial charge in [0.1, 0.15) is 11.6 Å². The van der Waals surface area contributed by atoms with Crippen LogP contribution in [0.5, 0.6) is 5.75 Å². The number of piperidine rings is 1. The van der Waals surface area contributed by atoms with Crippen LogP contribution < -0.4 is 9.64 Å². The molecule has 1 fully saturated rings. The minimum Gasteiger partial charge on any atom is -0.493 e. The molecule has 0 unspecified atom stereocenters. The summed E-state index contributed by atoms with van der Waals surface area (Å²) in [5, 5.41) is 10.5. The number of carbonyl (C=O) groups is 1. The number of aryl methyl sites for hydroxylation is 2. The quantitative estimate of drug-likeness (QED) is 0.242. The third-order valence-electron chi connectivity index (χ3n) is 8.07. The van der Waals surface area contributed by atoms with Gasteiger partial charge in [0, 0.05) is 36.3 Å². The van der Waals surface area contributed by atoms with Crippen LogP contribution in [-0.4, -0.2) is 41.4 Å². The molecule has 1 aliphatic heterocycles. The van der Waals surface area contributed by atoms with E-state index in [1.54, 1.807) is 12.1 Å². The molecule has 1 atom stereocenters. The molecule has 2 aromatic carbocycles. The molecule has 0 saturated carbocycles. The zero-order valence-corrected chi connectivity index (χ0v) is 26.8. The van der Waals surface area contributed by atoms with Gasteiger partial charge in [0.15, 0.2) is 6.10 Å². The number of carboxylic acid groups (broad SMARTS) is 1. The standard InChI is InChI=1S/C36H47FN2O4/c1-8-9-29-31(26-12-16-28(17-13-26)42-23-18-25-10-14-27(37)15-11-25)32(39-21-19-36(6,7)20-22-39)30(24(2)38-29)33(34(40)41)43-35(3,4)5/h10-17,33H,8-9,18-23H2,1-7H3,(H,40,41)/t33-/m0/s1. The Morgan fingerprint density at radius 2 is 1.67 bits per heavy atom. The molecular weight excluding hydrogens is 543 g/mol. The van der Waals surface area contributed by atoms with Crippen LogP contribution in [0.3, 0.4) is 0 Å². The predicted molar refractivity (Wildman–Crippen MR) is 170 cm³/mol. The van der Waals surface area contributed by atoms with Crippen molar-refractivity contribution in [1.82, 2.24) is 4.98 Å². The van der Waals surface area contributed by atoms with E-state index in [4.69, 9.17) is 14.5 Å². The summed E-state index contributed by atoms with van der Waals surface area (Å²) in [7, 11) is 0. The van der Waals surface area contributed by atoms with Crippen LogP contribution in [0.2, 0.25) is 0 Å². The molecule has 1 aliphatic rings. The Labute approximate surface area is 256 Å². The monoisotopic (exact) mass is 590 g/mol. The van der Waals surface area contributed by atoms with E-state index in [1.165, 1.54) is 12.1 Å². The number of hydrogen-bond donors (Lipinski definition) is 1. The molecule has 1 saturated heterocycles. The number of aromatic nitrogens is 1. The van der Waals surface area contributed by atoms with Crippen molar-refractivity contribution in [2.45, 2.75) is 92.3 Å². The highest BCUT2D eigenvalue weighted by Gasteiger charge is 2.36. The minimum atomic E-state index is -1.15. The Morgan fingerprint density at radius 3 is 2.23 bits per heavy atom. The first-order chi connectivity index (χ1) is 20.3. The Kier molecular flexibility index (Phi) is 10.2. The molecule has 0 spiro atoms. The molecule has 0 bridgehead atoms. The van der Waals surface area contributed by atoms with Gasteiger partial charge in [-0.05, 0) is 87.8 Å². The van der Waals surface area contributed by atoms with Gasteiger partial charge in [0.25, 0.3) is 0 Å². The highest BCUT2D eigenvalue weighted by Crippen LogP contribution is 2.45. The van der Waals surface area contributed by atoms with Crippen LogP contribution in [0.15, 0.2) is 48.5 Å². The fourth-order valence-corrected chi connectivity index (χ4v) is 5.70. The maximum Gasteiger partial charge on any atom is 0.337 e. The third kappa shape index (κ3) is 8.35. The van der Waals surface area contributed by atoms with Crippen molar-refractivity contribution in [3.05, 3.63) is 76.9 Å². The highest BCUT2D eigenvalue weighted by atomic mass is 19.1. The van der Waals surface area contributed by atoms with E-state index in [0.29, 0.717) is 24.3 Å². The van der Waals surface area contributed by atoms with Crippen LogP contribution in [-0.2, 0) is 22.4 Å². The number of rotatable bonds is 11. The van der Waals surface area contributed by atoms with Gasteiger partial charge in [-0.1, -0.05) is 51.5 Å². The molecule has 6 nitrogen and oxygen atoms in total. The highest BCUT2D eigenvalue weighted by molar-refractivity contribution is 5.88. The van der Waals surface area contributed by atoms with E-state index in [2.05, 4.69) is 25.7 Å². The van der Waals surface area contributed by atoms with Crippen molar-refractivity contribution >= 4 is 11.7 Å². The van der Waals surface area contributed by atoms with Gasteiger partial charge in [0.05, 0.1) is 23.6 Å². The van der Waals surface area contributed by atoms with E-state index in [0.717, 1.165) is 72.6 Å². The second kappa shape index (κ2) is 13.5. The van der Waals surface area contributed by atoms with Gasteiger partial charge < -0.3 is 19.5 Å². The number of ether oxygens (including phenoxy) is 2. The van der Waals surface area contributed by atoms with Crippen molar-refractivity contribution in [2.75, 3.05) is 24.6 Å². The Morgan fingerprint density at radius 1 is 1.05 bits per heavy atom. The summed E-state index contributed by atoms with van der Waals surface area (Å²) >= 11 is 0. The van der Waals surface area contributed by atoms with Crippen molar-refractivity contribution in [3.63, 3.8) is 0 Å². The summed E-state index contributed by atoms with van der Waals surface area (Å²) in [5.74, 6) is -0.523. The van der Waals surface area contributed by atoms with Crippen LogP contribution >= 0.6 is 0 Å². The minimum absolute atomic E-state index is 0.228. The summed E-state index contributed by atoms with van der Waals surface area (Å²) in [6.45, 7) is 16.4. The van der Waals surface area contributed by atoms with Gasteiger partial charge in [-0.2, -0.15) is 0 Å². The first-order valence-electron chi connectivity index (χ1n) is 15.4. The first kappa shape index (κ1) is 32.5. The lowest BCUT2D eigenvalue weighted by molar-refractivity contribution is -0.160. The van der Waals surface area contributed by atoms with Gasteiger partial charge in [-0.3, -0.25) is 4.98 Å². The molecule has 232 valence electrons. The molecular formula is C36H47FN2O4. The molecule has 0 amide bonds. The summed E-state index contributed by atoms with van der Waals surface area (Å²) in [6, 6.07) is 14.5. The number of carboxylic acids is 1. The van der Waals surface area contributed by atoms with Crippen molar-refractivity contribution < 1.29 is 23.8 Å². The predicted octanol–water partition coefficient (Wildman–Crippen LogP) is 8.34. The number of benzene rings is 2.